The third-order valence-corrected chi connectivity index (χ3v) is 6.57. The standard InChI is InChI=1S/C23H31NO3/c1-4-17-7-6-12-23(14-11-17)13-10-16(2)20(24-22(23)26)18-8-5-9-19(15-18)21(25)27-3/h5,8-9,15,17H,4,6-7,10-14H2,1-3H3,(H,24,26). The zero-order valence-electron chi connectivity index (χ0n) is 16.8. The van der Waals surface area contributed by atoms with Gasteiger partial charge in [-0.1, -0.05) is 38.3 Å². The van der Waals surface area contributed by atoms with Crippen LogP contribution in [0, 0.1) is 11.3 Å². The summed E-state index contributed by atoms with van der Waals surface area (Å²) in [4.78, 5) is 25.2. The molecule has 1 fully saturated rings. The quantitative estimate of drug-likeness (QED) is 0.755. The third kappa shape index (κ3) is 4.10. The van der Waals surface area contributed by atoms with E-state index in [0.717, 1.165) is 55.7 Å². The van der Waals surface area contributed by atoms with Crippen molar-refractivity contribution in [3.63, 3.8) is 0 Å². The third-order valence-electron chi connectivity index (χ3n) is 6.57. The zero-order chi connectivity index (χ0) is 19.4. The first-order valence-electron chi connectivity index (χ1n) is 10.2. The zero-order valence-corrected chi connectivity index (χ0v) is 16.8. The number of hydrogen-bond donors (Lipinski definition) is 1. The largest absolute Gasteiger partial charge is 0.465 e. The minimum atomic E-state index is -0.360. The van der Waals surface area contributed by atoms with Crippen molar-refractivity contribution in [2.75, 3.05) is 7.11 Å². The first-order valence-corrected chi connectivity index (χ1v) is 10.2. The lowest BCUT2D eigenvalue weighted by Gasteiger charge is -2.30. The number of allylic oxidation sites excluding steroid dienone is 1. The highest BCUT2D eigenvalue weighted by molar-refractivity contribution is 5.94. The second-order valence-electron chi connectivity index (χ2n) is 8.17. The Labute approximate surface area is 162 Å². The maximum atomic E-state index is 13.3. The first kappa shape index (κ1) is 19.7. The first-order chi connectivity index (χ1) is 13.0. The lowest BCUT2D eigenvalue weighted by molar-refractivity contribution is -0.130. The topological polar surface area (TPSA) is 55.4 Å². The average Bonchev–Trinajstić information content (AvgIpc) is 2.98. The lowest BCUT2D eigenvalue weighted by Crippen LogP contribution is -2.38. The maximum absolute atomic E-state index is 13.3. The molecule has 1 aromatic carbocycles. The number of nitrogens with one attached hydrogen (secondary N) is 1. The molecular weight excluding hydrogens is 338 g/mol. The Balaban J connectivity index is 1.86. The second-order valence-corrected chi connectivity index (χ2v) is 8.17. The van der Waals surface area contributed by atoms with Gasteiger partial charge in [-0.3, -0.25) is 4.79 Å². The van der Waals surface area contributed by atoms with Gasteiger partial charge in [0.25, 0.3) is 0 Å². The highest BCUT2D eigenvalue weighted by Crippen LogP contribution is 2.44. The molecule has 1 heterocycles. The summed E-state index contributed by atoms with van der Waals surface area (Å²) in [6, 6.07) is 7.33. The summed E-state index contributed by atoms with van der Waals surface area (Å²) in [7, 11) is 1.38. The number of amides is 1. The van der Waals surface area contributed by atoms with Gasteiger partial charge in [0.15, 0.2) is 0 Å². The molecule has 0 radical (unpaired) electrons. The predicted molar refractivity (Wildman–Crippen MR) is 107 cm³/mol. The molecule has 146 valence electrons. The van der Waals surface area contributed by atoms with Gasteiger partial charge in [-0.05, 0) is 68.2 Å². The summed E-state index contributed by atoms with van der Waals surface area (Å²) in [5, 5.41) is 3.24. The molecule has 0 bridgehead atoms. The number of rotatable bonds is 3. The van der Waals surface area contributed by atoms with E-state index >= 15 is 0 Å². The number of methoxy groups -OCH3 is 1. The van der Waals surface area contributed by atoms with E-state index < -0.39 is 0 Å². The summed E-state index contributed by atoms with van der Waals surface area (Å²) in [5.41, 5.74) is 3.18. The normalized spacial score (nSPS) is 26.3. The van der Waals surface area contributed by atoms with Crippen LogP contribution in [0.5, 0.6) is 0 Å². The van der Waals surface area contributed by atoms with Crippen LogP contribution in [0.4, 0.5) is 0 Å². The SMILES string of the molecule is CCC1CCCC2(CCC(C)=C(c3cccc(C(=O)OC)c3)NC2=O)CC1. The van der Waals surface area contributed by atoms with Gasteiger partial charge in [0, 0.05) is 11.1 Å². The molecule has 1 saturated carbocycles. The Morgan fingerprint density at radius 3 is 2.81 bits per heavy atom. The van der Waals surface area contributed by atoms with Gasteiger partial charge in [0.2, 0.25) is 5.91 Å². The Kier molecular flexibility index (Phi) is 6.03. The number of hydrogen-bond acceptors (Lipinski definition) is 3. The summed E-state index contributed by atoms with van der Waals surface area (Å²) in [6.07, 6.45) is 8.54. The summed E-state index contributed by atoms with van der Waals surface area (Å²) >= 11 is 0. The summed E-state index contributed by atoms with van der Waals surface area (Å²) in [5.74, 6) is 0.557. The Morgan fingerprint density at radius 2 is 2.07 bits per heavy atom. The molecule has 1 aliphatic heterocycles. The van der Waals surface area contributed by atoms with E-state index in [1.165, 1.54) is 25.5 Å². The molecule has 1 aliphatic carbocycles. The van der Waals surface area contributed by atoms with Crippen molar-refractivity contribution in [3.8, 4) is 0 Å². The van der Waals surface area contributed by atoms with Crippen LogP contribution in [0.1, 0.15) is 81.1 Å². The summed E-state index contributed by atoms with van der Waals surface area (Å²) < 4.78 is 4.83. The van der Waals surface area contributed by atoms with Crippen molar-refractivity contribution in [2.45, 2.75) is 65.2 Å². The van der Waals surface area contributed by atoms with Crippen LogP contribution in [-0.4, -0.2) is 19.0 Å². The Morgan fingerprint density at radius 1 is 1.26 bits per heavy atom. The fraction of sp³-hybridized carbons (Fsp3) is 0.565. The van der Waals surface area contributed by atoms with E-state index in [9.17, 15) is 9.59 Å². The van der Waals surface area contributed by atoms with Crippen molar-refractivity contribution in [3.05, 3.63) is 41.0 Å². The van der Waals surface area contributed by atoms with Gasteiger partial charge in [-0.25, -0.2) is 4.79 Å². The molecule has 2 aliphatic rings. The molecule has 1 spiro atoms. The molecular formula is C23H31NO3. The lowest BCUT2D eigenvalue weighted by atomic mass is 9.75. The number of ether oxygens (including phenoxy) is 1. The van der Waals surface area contributed by atoms with Crippen molar-refractivity contribution < 1.29 is 14.3 Å². The Bertz CT molecular complexity index is 752. The monoisotopic (exact) mass is 369 g/mol. The fourth-order valence-corrected chi connectivity index (χ4v) is 4.62. The van der Waals surface area contributed by atoms with Gasteiger partial charge in [0.05, 0.1) is 12.7 Å². The maximum Gasteiger partial charge on any atom is 0.337 e. The van der Waals surface area contributed by atoms with Crippen LogP contribution in [0.25, 0.3) is 5.70 Å². The average molecular weight is 370 g/mol. The molecule has 4 heteroatoms. The van der Waals surface area contributed by atoms with E-state index in [1.807, 2.05) is 18.2 Å². The van der Waals surface area contributed by atoms with Crippen molar-refractivity contribution in [1.82, 2.24) is 5.32 Å². The van der Waals surface area contributed by atoms with E-state index in [-0.39, 0.29) is 17.3 Å². The van der Waals surface area contributed by atoms with Crippen LogP contribution in [0.15, 0.2) is 29.8 Å². The molecule has 27 heavy (non-hydrogen) atoms. The molecule has 0 aromatic heterocycles. The molecule has 1 N–H and O–H groups in total. The summed E-state index contributed by atoms with van der Waals surface area (Å²) in [6.45, 7) is 4.35. The number of benzene rings is 1. The minimum absolute atomic E-state index is 0.162. The highest BCUT2D eigenvalue weighted by atomic mass is 16.5. The number of carbonyl (C=O) groups excluding carboxylic acids is 2. The van der Waals surface area contributed by atoms with Gasteiger partial charge < -0.3 is 10.1 Å². The van der Waals surface area contributed by atoms with E-state index in [2.05, 4.69) is 19.2 Å². The van der Waals surface area contributed by atoms with Crippen LogP contribution in [0.2, 0.25) is 0 Å². The fourth-order valence-electron chi connectivity index (χ4n) is 4.62. The van der Waals surface area contributed by atoms with Gasteiger partial charge >= 0.3 is 5.97 Å². The van der Waals surface area contributed by atoms with E-state index in [1.54, 1.807) is 6.07 Å². The molecule has 0 saturated heterocycles. The molecule has 3 rings (SSSR count). The van der Waals surface area contributed by atoms with Crippen molar-refractivity contribution >= 4 is 17.6 Å². The molecule has 2 atom stereocenters. The van der Waals surface area contributed by atoms with Gasteiger partial charge in [-0.2, -0.15) is 0 Å². The highest BCUT2D eigenvalue weighted by Gasteiger charge is 2.41. The smallest absolute Gasteiger partial charge is 0.337 e. The van der Waals surface area contributed by atoms with E-state index in [0.29, 0.717) is 5.56 Å². The Hall–Kier alpha value is -2.10. The molecule has 1 aromatic rings. The van der Waals surface area contributed by atoms with Gasteiger partial charge in [-0.15, -0.1) is 0 Å². The van der Waals surface area contributed by atoms with Crippen LogP contribution < -0.4 is 5.32 Å². The van der Waals surface area contributed by atoms with E-state index in [4.69, 9.17) is 4.74 Å². The van der Waals surface area contributed by atoms with Crippen molar-refractivity contribution in [1.29, 1.82) is 0 Å². The van der Waals surface area contributed by atoms with Crippen LogP contribution in [-0.2, 0) is 9.53 Å². The predicted octanol–water partition coefficient (Wildman–Crippen LogP) is 5.09. The van der Waals surface area contributed by atoms with Crippen LogP contribution in [0.3, 0.4) is 0 Å². The van der Waals surface area contributed by atoms with Crippen molar-refractivity contribution in [2.24, 2.45) is 11.3 Å². The molecule has 4 nitrogen and oxygen atoms in total. The van der Waals surface area contributed by atoms with Crippen LogP contribution >= 0.6 is 0 Å². The molecule has 2 unspecified atom stereocenters. The second kappa shape index (κ2) is 8.28. The van der Waals surface area contributed by atoms with Gasteiger partial charge in [0.1, 0.15) is 0 Å². The molecule has 1 amide bonds. The number of esters is 1. The number of carbonyl (C=O) groups is 2. The minimum Gasteiger partial charge on any atom is -0.465 e.